The monoisotopic (exact) mass is 253 g/mol. The Labute approximate surface area is 107 Å². The zero-order valence-electron chi connectivity index (χ0n) is 11.0. The van der Waals surface area contributed by atoms with Crippen molar-refractivity contribution >= 4 is 11.9 Å². The quantitative estimate of drug-likeness (QED) is 0.766. The SMILES string of the molecule is CC(C)(C)N(CC(=O)C1CCCN1C#N)C(=O)O. The van der Waals surface area contributed by atoms with Gasteiger partial charge in [0.15, 0.2) is 12.0 Å². The van der Waals surface area contributed by atoms with Crippen molar-refractivity contribution in [3.8, 4) is 6.19 Å². The number of nitrogens with zero attached hydrogens (tertiary/aromatic N) is 3. The molecule has 1 atom stereocenters. The largest absolute Gasteiger partial charge is 0.465 e. The lowest BCUT2D eigenvalue weighted by Gasteiger charge is -2.33. The van der Waals surface area contributed by atoms with Gasteiger partial charge in [-0.1, -0.05) is 0 Å². The molecule has 0 aromatic carbocycles. The molecule has 0 aromatic rings. The molecule has 1 amide bonds. The Balaban J connectivity index is 2.74. The summed E-state index contributed by atoms with van der Waals surface area (Å²) in [6, 6.07) is -0.459. The first-order valence-electron chi connectivity index (χ1n) is 5.97. The first-order chi connectivity index (χ1) is 8.27. The second-order valence-electron chi connectivity index (χ2n) is 5.46. The molecule has 0 radical (unpaired) electrons. The molecule has 6 nitrogen and oxygen atoms in total. The van der Waals surface area contributed by atoms with Crippen LogP contribution < -0.4 is 0 Å². The van der Waals surface area contributed by atoms with Gasteiger partial charge >= 0.3 is 6.09 Å². The molecule has 0 bridgehead atoms. The van der Waals surface area contributed by atoms with Gasteiger partial charge in [-0.15, -0.1) is 0 Å². The first-order valence-corrected chi connectivity index (χ1v) is 5.97. The molecule has 1 fully saturated rings. The Morgan fingerprint density at radius 3 is 2.56 bits per heavy atom. The van der Waals surface area contributed by atoms with E-state index in [-0.39, 0.29) is 12.3 Å². The molecule has 1 unspecified atom stereocenters. The number of carbonyl (C=O) groups is 2. The molecule has 18 heavy (non-hydrogen) atoms. The summed E-state index contributed by atoms with van der Waals surface area (Å²) in [5, 5.41) is 18.0. The van der Waals surface area contributed by atoms with Crippen molar-refractivity contribution in [1.82, 2.24) is 9.80 Å². The standard InChI is InChI=1S/C12H19N3O3/c1-12(2,3)15(11(17)18)7-10(16)9-5-4-6-14(9)8-13/h9H,4-7H2,1-3H3,(H,17,18). The van der Waals surface area contributed by atoms with Crippen molar-refractivity contribution in [2.75, 3.05) is 13.1 Å². The number of hydrogen-bond acceptors (Lipinski definition) is 4. The van der Waals surface area contributed by atoms with Crippen LogP contribution in [0.2, 0.25) is 0 Å². The normalized spacial score (nSPS) is 19.4. The van der Waals surface area contributed by atoms with Crippen LogP contribution in [0.25, 0.3) is 0 Å². The highest BCUT2D eigenvalue weighted by Crippen LogP contribution is 2.19. The van der Waals surface area contributed by atoms with Gasteiger partial charge in [-0.05, 0) is 33.6 Å². The Kier molecular flexibility index (Phi) is 4.17. The summed E-state index contributed by atoms with van der Waals surface area (Å²) in [6.45, 7) is 5.64. The molecule has 1 saturated heterocycles. The molecule has 1 N–H and O–H groups in total. The number of likely N-dealkylation sites (tertiary alicyclic amines) is 1. The van der Waals surface area contributed by atoms with Crippen LogP contribution in [0, 0.1) is 11.5 Å². The summed E-state index contributed by atoms with van der Waals surface area (Å²) < 4.78 is 0. The van der Waals surface area contributed by atoms with E-state index >= 15 is 0 Å². The summed E-state index contributed by atoms with van der Waals surface area (Å²) in [7, 11) is 0. The van der Waals surface area contributed by atoms with E-state index in [1.54, 1.807) is 20.8 Å². The zero-order chi connectivity index (χ0) is 13.9. The summed E-state index contributed by atoms with van der Waals surface area (Å²) in [5.41, 5.74) is -0.627. The number of amides is 1. The highest BCUT2D eigenvalue weighted by atomic mass is 16.4. The topological polar surface area (TPSA) is 84.6 Å². The predicted octanol–water partition coefficient (Wildman–Crippen LogP) is 1.28. The van der Waals surface area contributed by atoms with E-state index in [1.807, 2.05) is 6.19 Å². The van der Waals surface area contributed by atoms with Crippen molar-refractivity contribution in [2.45, 2.75) is 45.2 Å². The number of hydrogen-bond donors (Lipinski definition) is 1. The van der Waals surface area contributed by atoms with Gasteiger partial charge in [-0.2, -0.15) is 5.26 Å². The van der Waals surface area contributed by atoms with Gasteiger partial charge in [0.25, 0.3) is 0 Å². The Hall–Kier alpha value is -1.77. The van der Waals surface area contributed by atoms with E-state index < -0.39 is 17.7 Å². The molecule has 1 aliphatic rings. The fourth-order valence-electron chi connectivity index (χ4n) is 2.07. The van der Waals surface area contributed by atoms with Crippen molar-refractivity contribution in [3.63, 3.8) is 0 Å². The summed E-state index contributed by atoms with van der Waals surface area (Å²) in [4.78, 5) is 25.8. The molecule has 0 aromatic heterocycles. The fourth-order valence-corrected chi connectivity index (χ4v) is 2.07. The smallest absolute Gasteiger partial charge is 0.408 e. The number of nitriles is 1. The van der Waals surface area contributed by atoms with Gasteiger partial charge in [-0.25, -0.2) is 4.79 Å². The molecular weight excluding hydrogens is 234 g/mol. The van der Waals surface area contributed by atoms with Gasteiger partial charge in [-0.3, -0.25) is 9.69 Å². The predicted molar refractivity (Wildman–Crippen MR) is 64.8 cm³/mol. The second-order valence-corrected chi connectivity index (χ2v) is 5.46. The number of rotatable bonds is 3. The van der Waals surface area contributed by atoms with Crippen molar-refractivity contribution < 1.29 is 14.7 Å². The summed E-state index contributed by atoms with van der Waals surface area (Å²) in [6.07, 6.45) is 2.30. The van der Waals surface area contributed by atoms with E-state index in [0.29, 0.717) is 13.0 Å². The van der Waals surface area contributed by atoms with E-state index in [2.05, 4.69) is 0 Å². The Morgan fingerprint density at radius 1 is 1.50 bits per heavy atom. The Bertz CT molecular complexity index is 381. The lowest BCUT2D eigenvalue weighted by atomic mass is 10.0. The molecule has 1 rings (SSSR count). The average molecular weight is 253 g/mol. The maximum atomic E-state index is 12.1. The highest BCUT2D eigenvalue weighted by Gasteiger charge is 2.34. The van der Waals surface area contributed by atoms with Crippen molar-refractivity contribution in [3.05, 3.63) is 0 Å². The van der Waals surface area contributed by atoms with Crippen LogP contribution in [0.3, 0.4) is 0 Å². The van der Waals surface area contributed by atoms with E-state index in [0.717, 1.165) is 11.3 Å². The third-order valence-electron chi connectivity index (χ3n) is 3.11. The minimum atomic E-state index is -1.11. The molecule has 6 heteroatoms. The van der Waals surface area contributed by atoms with Crippen molar-refractivity contribution in [1.29, 1.82) is 5.26 Å². The van der Waals surface area contributed by atoms with Crippen LogP contribution in [-0.4, -0.2) is 51.5 Å². The average Bonchev–Trinajstić information content (AvgIpc) is 2.71. The Morgan fingerprint density at radius 2 is 2.11 bits per heavy atom. The number of carbonyl (C=O) groups excluding carboxylic acids is 1. The van der Waals surface area contributed by atoms with Crippen LogP contribution >= 0.6 is 0 Å². The maximum absolute atomic E-state index is 12.1. The molecule has 0 aliphatic carbocycles. The molecule has 1 heterocycles. The van der Waals surface area contributed by atoms with Gasteiger partial charge in [0.2, 0.25) is 0 Å². The highest BCUT2D eigenvalue weighted by molar-refractivity contribution is 5.88. The van der Waals surface area contributed by atoms with Crippen molar-refractivity contribution in [2.24, 2.45) is 0 Å². The molecule has 1 aliphatic heterocycles. The summed E-state index contributed by atoms with van der Waals surface area (Å²) in [5.74, 6) is -0.202. The van der Waals surface area contributed by atoms with E-state index in [1.165, 1.54) is 4.90 Å². The van der Waals surface area contributed by atoms with Crippen LogP contribution in [-0.2, 0) is 4.79 Å². The van der Waals surface area contributed by atoms with E-state index in [4.69, 9.17) is 10.4 Å². The number of Topliss-reactive ketones (excluding diaryl/α,β-unsaturated/α-hetero) is 1. The third-order valence-corrected chi connectivity index (χ3v) is 3.11. The number of carboxylic acid groups (broad SMARTS) is 1. The fraction of sp³-hybridized carbons (Fsp3) is 0.750. The number of ketones is 1. The maximum Gasteiger partial charge on any atom is 0.408 e. The molecule has 0 saturated carbocycles. The van der Waals surface area contributed by atoms with Crippen LogP contribution in [0.4, 0.5) is 4.79 Å². The van der Waals surface area contributed by atoms with Gasteiger partial charge in [0.05, 0.1) is 12.6 Å². The minimum absolute atomic E-state index is 0.165. The van der Waals surface area contributed by atoms with Crippen LogP contribution in [0.5, 0.6) is 0 Å². The van der Waals surface area contributed by atoms with Gasteiger partial charge in [0.1, 0.15) is 0 Å². The van der Waals surface area contributed by atoms with Crippen LogP contribution in [0.1, 0.15) is 33.6 Å². The zero-order valence-corrected chi connectivity index (χ0v) is 11.0. The first kappa shape index (κ1) is 14.3. The lowest BCUT2D eigenvalue weighted by Crippen LogP contribution is -2.50. The van der Waals surface area contributed by atoms with Crippen LogP contribution in [0.15, 0.2) is 0 Å². The minimum Gasteiger partial charge on any atom is -0.465 e. The lowest BCUT2D eigenvalue weighted by molar-refractivity contribution is -0.124. The molecule has 100 valence electrons. The van der Waals surface area contributed by atoms with E-state index in [9.17, 15) is 9.59 Å². The molecule has 0 spiro atoms. The molecular formula is C12H19N3O3. The summed E-state index contributed by atoms with van der Waals surface area (Å²) >= 11 is 0. The third kappa shape index (κ3) is 3.13. The van der Waals surface area contributed by atoms with Gasteiger partial charge in [0, 0.05) is 12.1 Å². The second kappa shape index (κ2) is 5.25. The van der Waals surface area contributed by atoms with Gasteiger partial charge < -0.3 is 10.0 Å².